The fraction of sp³-hybridized carbons (Fsp3) is 0.600. The van der Waals surface area contributed by atoms with Gasteiger partial charge in [0.2, 0.25) is 0 Å². The Morgan fingerprint density at radius 2 is 2.13 bits per heavy atom. The van der Waals surface area contributed by atoms with Crippen LogP contribution in [0.2, 0.25) is 0 Å². The van der Waals surface area contributed by atoms with Crippen molar-refractivity contribution in [3.63, 3.8) is 0 Å². The average Bonchev–Trinajstić information content (AvgIpc) is 2.68. The first-order valence-electron chi connectivity index (χ1n) is 5.35. The molecule has 0 saturated carbocycles. The first-order valence-corrected chi connectivity index (χ1v) is 5.75. The summed E-state index contributed by atoms with van der Waals surface area (Å²) in [6.07, 6.45) is 1.08. The van der Waals surface area contributed by atoms with Crippen LogP contribution in [0.5, 0.6) is 0 Å². The maximum atomic E-state index is 5.31. The number of hydrogen-bond donors (Lipinski definition) is 1. The SMILES string of the molecule is CCCn1c(=S)[nH]c2c(C)nn(CC)c21. The molecule has 0 radical (unpaired) electrons. The molecule has 2 aromatic rings. The Labute approximate surface area is 93.9 Å². The molecule has 0 saturated heterocycles. The maximum Gasteiger partial charge on any atom is 0.179 e. The van der Waals surface area contributed by atoms with E-state index in [0.717, 1.165) is 41.1 Å². The smallest absolute Gasteiger partial charge is 0.179 e. The maximum absolute atomic E-state index is 5.31. The third-order valence-corrected chi connectivity index (χ3v) is 2.90. The van der Waals surface area contributed by atoms with E-state index in [1.807, 2.05) is 11.6 Å². The molecule has 0 bridgehead atoms. The standard InChI is InChI=1S/C10H16N4S/c1-4-6-13-9-8(11-10(13)15)7(3)12-14(9)5-2/h4-6H2,1-3H3,(H,11,15). The van der Waals surface area contributed by atoms with Crippen molar-refractivity contribution >= 4 is 23.4 Å². The van der Waals surface area contributed by atoms with Gasteiger partial charge in [0.05, 0.1) is 5.69 Å². The van der Waals surface area contributed by atoms with Crippen LogP contribution in [0.3, 0.4) is 0 Å². The second kappa shape index (κ2) is 3.81. The van der Waals surface area contributed by atoms with Gasteiger partial charge in [-0.05, 0) is 32.5 Å². The topological polar surface area (TPSA) is 38.5 Å². The molecule has 0 aliphatic carbocycles. The number of aryl methyl sites for hydroxylation is 3. The van der Waals surface area contributed by atoms with Gasteiger partial charge in [0.1, 0.15) is 5.52 Å². The fourth-order valence-electron chi connectivity index (χ4n) is 1.91. The van der Waals surface area contributed by atoms with E-state index in [2.05, 4.69) is 28.5 Å². The van der Waals surface area contributed by atoms with Gasteiger partial charge in [-0.3, -0.25) is 0 Å². The molecule has 0 fully saturated rings. The van der Waals surface area contributed by atoms with Crippen LogP contribution in [0, 0.1) is 11.7 Å². The average molecular weight is 224 g/mol. The zero-order valence-corrected chi connectivity index (χ0v) is 10.2. The second-order valence-electron chi connectivity index (χ2n) is 3.68. The molecule has 0 aliphatic heterocycles. The van der Waals surface area contributed by atoms with E-state index in [0.29, 0.717) is 0 Å². The number of nitrogens with zero attached hydrogens (tertiary/aromatic N) is 3. The zero-order chi connectivity index (χ0) is 11.0. The zero-order valence-electron chi connectivity index (χ0n) is 9.37. The van der Waals surface area contributed by atoms with Crippen molar-refractivity contribution in [2.75, 3.05) is 0 Å². The van der Waals surface area contributed by atoms with Crippen molar-refractivity contribution in [3.05, 3.63) is 10.5 Å². The van der Waals surface area contributed by atoms with Gasteiger partial charge >= 0.3 is 0 Å². The van der Waals surface area contributed by atoms with Crippen LogP contribution in [0.4, 0.5) is 0 Å². The molecule has 0 aromatic carbocycles. The van der Waals surface area contributed by atoms with E-state index in [-0.39, 0.29) is 0 Å². The number of imidazole rings is 1. The summed E-state index contributed by atoms with van der Waals surface area (Å²) in [5, 5.41) is 4.47. The van der Waals surface area contributed by atoms with E-state index in [9.17, 15) is 0 Å². The van der Waals surface area contributed by atoms with E-state index in [4.69, 9.17) is 12.2 Å². The summed E-state index contributed by atoms with van der Waals surface area (Å²) < 4.78 is 4.94. The van der Waals surface area contributed by atoms with Crippen molar-refractivity contribution in [3.8, 4) is 0 Å². The summed E-state index contributed by atoms with van der Waals surface area (Å²) in [4.78, 5) is 3.23. The Morgan fingerprint density at radius 3 is 2.73 bits per heavy atom. The summed E-state index contributed by atoms with van der Waals surface area (Å²) >= 11 is 5.31. The predicted molar refractivity (Wildman–Crippen MR) is 63.6 cm³/mol. The molecule has 0 amide bonds. The first-order chi connectivity index (χ1) is 7.19. The number of aromatic amines is 1. The molecule has 15 heavy (non-hydrogen) atoms. The number of hydrogen-bond acceptors (Lipinski definition) is 2. The lowest BCUT2D eigenvalue weighted by Crippen LogP contribution is -2.04. The number of nitrogens with one attached hydrogen (secondary N) is 1. The second-order valence-corrected chi connectivity index (χ2v) is 4.07. The highest BCUT2D eigenvalue weighted by Crippen LogP contribution is 2.18. The summed E-state index contributed by atoms with van der Waals surface area (Å²) in [7, 11) is 0. The van der Waals surface area contributed by atoms with Crippen molar-refractivity contribution in [1.82, 2.24) is 19.3 Å². The van der Waals surface area contributed by atoms with Gasteiger partial charge in [0.25, 0.3) is 0 Å². The Kier molecular flexibility index (Phi) is 2.65. The van der Waals surface area contributed by atoms with E-state index < -0.39 is 0 Å². The summed E-state index contributed by atoms with van der Waals surface area (Å²) in [6.45, 7) is 8.08. The Balaban J connectivity index is 2.77. The Bertz CT molecular complexity index is 531. The van der Waals surface area contributed by atoms with Gasteiger partial charge in [-0.25, -0.2) is 4.68 Å². The molecular weight excluding hydrogens is 208 g/mol. The highest BCUT2D eigenvalue weighted by Gasteiger charge is 2.12. The minimum atomic E-state index is 0.801. The number of rotatable bonds is 3. The van der Waals surface area contributed by atoms with Gasteiger partial charge in [0, 0.05) is 13.1 Å². The van der Waals surface area contributed by atoms with Crippen LogP contribution >= 0.6 is 12.2 Å². The molecule has 2 aromatic heterocycles. The van der Waals surface area contributed by atoms with Gasteiger partial charge in [-0.1, -0.05) is 6.92 Å². The van der Waals surface area contributed by atoms with E-state index in [1.165, 1.54) is 0 Å². The molecule has 0 aliphatic rings. The first kappa shape index (κ1) is 10.4. The minimum absolute atomic E-state index is 0.801. The lowest BCUT2D eigenvalue weighted by Gasteiger charge is -2.03. The van der Waals surface area contributed by atoms with Crippen molar-refractivity contribution in [1.29, 1.82) is 0 Å². The van der Waals surface area contributed by atoms with Crippen LogP contribution in [0.25, 0.3) is 11.2 Å². The summed E-state index contributed by atoms with van der Waals surface area (Å²) in [5.74, 6) is 0. The normalized spacial score (nSPS) is 11.4. The van der Waals surface area contributed by atoms with E-state index >= 15 is 0 Å². The molecule has 0 spiro atoms. The Morgan fingerprint density at radius 1 is 1.40 bits per heavy atom. The summed E-state index contributed by atoms with van der Waals surface area (Å²) in [5.41, 5.74) is 3.23. The highest BCUT2D eigenvalue weighted by atomic mass is 32.1. The predicted octanol–water partition coefficient (Wildman–Crippen LogP) is 2.63. The van der Waals surface area contributed by atoms with Gasteiger partial charge in [-0.15, -0.1) is 0 Å². The molecule has 2 heterocycles. The monoisotopic (exact) mass is 224 g/mol. The molecule has 4 nitrogen and oxygen atoms in total. The lowest BCUT2D eigenvalue weighted by atomic mass is 10.4. The van der Waals surface area contributed by atoms with Crippen LogP contribution in [0.15, 0.2) is 0 Å². The lowest BCUT2D eigenvalue weighted by molar-refractivity contribution is 0.617. The molecular formula is C10H16N4S. The fourth-order valence-corrected chi connectivity index (χ4v) is 2.19. The molecule has 0 unspecified atom stereocenters. The molecule has 1 N–H and O–H groups in total. The molecule has 0 atom stereocenters. The molecule has 2 rings (SSSR count). The van der Waals surface area contributed by atoms with Gasteiger partial charge in [-0.2, -0.15) is 5.10 Å². The summed E-state index contributed by atoms with van der Waals surface area (Å²) in [6, 6.07) is 0. The number of aromatic nitrogens is 4. The highest BCUT2D eigenvalue weighted by molar-refractivity contribution is 7.71. The number of fused-ring (bicyclic) bond motifs is 1. The van der Waals surface area contributed by atoms with Crippen molar-refractivity contribution < 1.29 is 0 Å². The number of H-pyrrole nitrogens is 1. The third-order valence-electron chi connectivity index (χ3n) is 2.58. The molecule has 5 heteroatoms. The van der Waals surface area contributed by atoms with Crippen LogP contribution in [0.1, 0.15) is 26.0 Å². The molecule has 82 valence electrons. The van der Waals surface area contributed by atoms with E-state index in [1.54, 1.807) is 0 Å². The van der Waals surface area contributed by atoms with Crippen LogP contribution in [-0.2, 0) is 13.1 Å². The van der Waals surface area contributed by atoms with Crippen molar-refractivity contribution in [2.45, 2.75) is 40.3 Å². The Hall–Kier alpha value is -1.10. The minimum Gasteiger partial charge on any atom is -0.328 e. The van der Waals surface area contributed by atoms with Gasteiger partial charge in [0.15, 0.2) is 10.4 Å². The van der Waals surface area contributed by atoms with Gasteiger partial charge < -0.3 is 9.55 Å². The van der Waals surface area contributed by atoms with Crippen LogP contribution in [-0.4, -0.2) is 19.3 Å². The largest absolute Gasteiger partial charge is 0.328 e. The third kappa shape index (κ3) is 1.51. The van der Waals surface area contributed by atoms with Crippen LogP contribution < -0.4 is 0 Å². The quantitative estimate of drug-likeness (QED) is 0.814. The van der Waals surface area contributed by atoms with Crippen molar-refractivity contribution in [2.24, 2.45) is 0 Å².